The van der Waals surface area contributed by atoms with Crippen molar-refractivity contribution in [2.45, 2.75) is 20.3 Å². The standard InChI is InChI=1S/C20H19NO3S/c1-4-14-7-9-15(10-8-14)21-13(2)18(20(23)24-3)17(19(21)22)12-16-6-5-11-25-16/h5-12H,4H2,1-3H3/b17-12-. The van der Waals surface area contributed by atoms with Crippen LogP contribution in [0.25, 0.3) is 6.08 Å². The Hall–Kier alpha value is -2.66. The lowest BCUT2D eigenvalue weighted by Crippen LogP contribution is -2.24. The van der Waals surface area contributed by atoms with Gasteiger partial charge in [0.1, 0.15) is 0 Å². The first-order valence-electron chi connectivity index (χ1n) is 8.05. The molecule has 4 nitrogen and oxygen atoms in total. The molecule has 3 rings (SSSR count). The van der Waals surface area contributed by atoms with Crippen molar-refractivity contribution in [1.82, 2.24) is 0 Å². The summed E-state index contributed by atoms with van der Waals surface area (Å²) in [6.45, 7) is 3.85. The van der Waals surface area contributed by atoms with Gasteiger partial charge in [-0.25, -0.2) is 4.79 Å². The molecule has 1 aromatic heterocycles. The zero-order chi connectivity index (χ0) is 18.0. The number of carbonyl (C=O) groups is 2. The summed E-state index contributed by atoms with van der Waals surface area (Å²) in [6.07, 6.45) is 2.68. The Morgan fingerprint density at radius 3 is 2.52 bits per heavy atom. The Kier molecular flexibility index (Phi) is 4.86. The number of ether oxygens (including phenoxy) is 1. The van der Waals surface area contributed by atoms with Crippen molar-refractivity contribution in [3.05, 3.63) is 69.1 Å². The van der Waals surface area contributed by atoms with E-state index in [1.807, 2.05) is 41.8 Å². The van der Waals surface area contributed by atoms with E-state index in [4.69, 9.17) is 4.74 Å². The highest BCUT2D eigenvalue weighted by atomic mass is 32.1. The number of nitrogens with zero attached hydrogens (tertiary/aromatic N) is 1. The molecule has 5 heteroatoms. The molecule has 2 aromatic rings. The van der Waals surface area contributed by atoms with Gasteiger partial charge in [0.2, 0.25) is 0 Å². The van der Waals surface area contributed by atoms with Crippen molar-refractivity contribution in [2.24, 2.45) is 0 Å². The molecule has 0 saturated heterocycles. The highest BCUT2D eigenvalue weighted by molar-refractivity contribution is 7.10. The van der Waals surface area contributed by atoms with Gasteiger partial charge in [-0.1, -0.05) is 25.1 Å². The van der Waals surface area contributed by atoms with Crippen LogP contribution in [-0.2, 0) is 20.7 Å². The third-order valence-electron chi connectivity index (χ3n) is 4.22. The van der Waals surface area contributed by atoms with Crippen LogP contribution in [0.3, 0.4) is 0 Å². The van der Waals surface area contributed by atoms with Gasteiger partial charge in [0.05, 0.1) is 18.3 Å². The van der Waals surface area contributed by atoms with Gasteiger partial charge in [-0.2, -0.15) is 0 Å². The van der Waals surface area contributed by atoms with Gasteiger partial charge in [-0.15, -0.1) is 11.3 Å². The van der Waals surface area contributed by atoms with E-state index < -0.39 is 5.97 Å². The predicted molar refractivity (Wildman–Crippen MR) is 100 cm³/mol. The van der Waals surface area contributed by atoms with Crippen LogP contribution in [0.1, 0.15) is 24.3 Å². The molecule has 1 aromatic carbocycles. The number of hydrogen-bond donors (Lipinski definition) is 0. The number of allylic oxidation sites excluding steroid dienone is 1. The molecule has 0 unspecified atom stereocenters. The molecule has 1 aliphatic rings. The molecule has 0 aliphatic carbocycles. The van der Waals surface area contributed by atoms with Gasteiger partial charge >= 0.3 is 5.97 Å². The number of anilines is 1. The monoisotopic (exact) mass is 353 g/mol. The first-order chi connectivity index (χ1) is 12.1. The second-order valence-corrected chi connectivity index (χ2v) is 6.67. The largest absolute Gasteiger partial charge is 0.465 e. The molecule has 0 atom stereocenters. The number of rotatable bonds is 4. The fraction of sp³-hybridized carbons (Fsp3) is 0.200. The normalized spacial score (nSPS) is 16.0. The summed E-state index contributed by atoms with van der Waals surface area (Å²) in [6, 6.07) is 11.6. The number of thiophene rings is 1. The van der Waals surface area contributed by atoms with E-state index in [2.05, 4.69) is 6.92 Å². The first kappa shape index (κ1) is 17.2. The van der Waals surface area contributed by atoms with E-state index in [1.165, 1.54) is 24.0 Å². The van der Waals surface area contributed by atoms with E-state index in [0.717, 1.165) is 17.0 Å². The molecule has 0 fully saturated rings. The summed E-state index contributed by atoms with van der Waals surface area (Å²) < 4.78 is 4.91. The van der Waals surface area contributed by atoms with Gasteiger partial charge in [-0.3, -0.25) is 9.69 Å². The number of methoxy groups -OCH3 is 1. The van der Waals surface area contributed by atoms with Crippen LogP contribution in [0.2, 0.25) is 0 Å². The van der Waals surface area contributed by atoms with E-state index in [1.54, 1.807) is 17.9 Å². The van der Waals surface area contributed by atoms with Gasteiger partial charge in [0, 0.05) is 16.3 Å². The zero-order valence-corrected chi connectivity index (χ0v) is 15.2. The Balaban J connectivity index is 2.09. The van der Waals surface area contributed by atoms with Crippen LogP contribution in [0.5, 0.6) is 0 Å². The van der Waals surface area contributed by atoms with Crippen molar-refractivity contribution in [1.29, 1.82) is 0 Å². The summed E-state index contributed by atoms with van der Waals surface area (Å²) in [5.41, 5.74) is 3.21. The summed E-state index contributed by atoms with van der Waals surface area (Å²) in [4.78, 5) is 27.8. The summed E-state index contributed by atoms with van der Waals surface area (Å²) in [5, 5.41) is 1.93. The average Bonchev–Trinajstić information content (AvgIpc) is 3.22. The topological polar surface area (TPSA) is 46.6 Å². The van der Waals surface area contributed by atoms with Crippen molar-refractivity contribution in [3.63, 3.8) is 0 Å². The van der Waals surface area contributed by atoms with Gasteiger partial charge in [0.25, 0.3) is 5.91 Å². The third kappa shape index (κ3) is 3.15. The number of benzene rings is 1. The molecule has 25 heavy (non-hydrogen) atoms. The second-order valence-electron chi connectivity index (χ2n) is 5.69. The van der Waals surface area contributed by atoms with E-state index in [-0.39, 0.29) is 5.91 Å². The second kappa shape index (κ2) is 7.07. The van der Waals surface area contributed by atoms with Crippen molar-refractivity contribution < 1.29 is 14.3 Å². The highest BCUT2D eigenvalue weighted by Gasteiger charge is 2.37. The smallest absolute Gasteiger partial charge is 0.340 e. The average molecular weight is 353 g/mol. The van der Waals surface area contributed by atoms with Gasteiger partial charge in [0.15, 0.2) is 0 Å². The molecule has 0 saturated carbocycles. The SMILES string of the molecule is CCc1ccc(N2C(=O)/C(=C\c3cccs3)C(C(=O)OC)=C2C)cc1. The quantitative estimate of drug-likeness (QED) is 0.612. The Bertz CT molecular complexity index is 861. The maximum Gasteiger partial charge on any atom is 0.340 e. The number of aryl methyl sites for hydroxylation is 1. The predicted octanol–water partition coefficient (Wildman–Crippen LogP) is 4.19. The third-order valence-corrected chi connectivity index (χ3v) is 5.04. The fourth-order valence-electron chi connectivity index (χ4n) is 2.89. The van der Waals surface area contributed by atoms with Crippen molar-refractivity contribution in [2.75, 3.05) is 12.0 Å². The van der Waals surface area contributed by atoms with Gasteiger partial charge in [-0.05, 0) is 48.6 Å². The number of amides is 1. The van der Waals surface area contributed by atoms with Crippen LogP contribution in [0.15, 0.2) is 58.6 Å². The summed E-state index contributed by atoms with van der Waals surface area (Å²) in [7, 11) is 1.33. The molecule has 1 amide bonds. The van der Waals surface area contributed by atoms with Crippen LogP contribution in [0, 0.1) is 0 Å². The Morgan fingerprint density at radius 2 is 1.96 bits per heavy atom. The van der Waals surface area contributed by atoms with E-state index in [9.17, 15) is 9.59 Å². The Morgan fingerprint density at radius 1 is 1.24 bits per heavy atom. The van der Waals surface area contributed by atoms with Crippen LogP contribution < -0.4 is 4.90 Å². The Labute approximate surface area is 151 Å². The molecular formula is C20H19NO3S. The maximum absolute atomic E-state index is 13.0. The molecule has 0 bridgehead atoms. The molecule has 0 N–H and O–H groups in total. The molecule has 1 aliphatic heterocycles. The molecule has 128 valence electrons. The number of hydrogen-bond acceptors (Lipinski definition) is 4. The minimum Gasteiger partial charge on any atom is -0.465 e. The van der Waals surface area contributed by atoms with E-state index >= 15 is 0 Å². The summed E-state index contributed by atoms with van der Waals surface area (Å²) in [5.74, 6) is -0.711. The van der Waals surface area contributed by atoms with Crippen LogP contribution in [-0.4, -0.2) is 19.0 Å². The highest BCUT2D eigenvalue weighted by Crippen LogP contribution is 2.35. The van der Waals surface area contributed by atoms with Crippen molar-refractivity contribution >= 4 is 35.0 Å². The van der Waals surface area contributed by atoms with Crippen molar-refractivity contribution in [3.8, 4) is 0 Å². The zero-order valence-electron chi connectivity index (χ0n) is 14.4. The first-order valence-corrected chi connectivity index (χ1v) is 8.93. The minimum absolute atomic E-state index is 0.212. The van der Waals surface area contributed by atoms with E-state index in [0.29, 0.717) is 16.8 Å². The van der Waals surface area contributed by atoms with Gasteiger partial charge < -0.3 is 4.74 Å². The molecule has 0 radical (unpaired) electrons. The number of carbonyl (C=O) groups excluding carboxylic acids is 2. The maximum atomic E-state index is 13.0. The molecule has 2 heterocycles. The van der Waals surface area contributed by atoms with Crippen LogP contribution in [0.4, 0.5) is 5.69 Å². The lowest BCUT2D eigenvalue weighted by molar-refractivity contribution is -0.136. The fourth-order valence-corrected chi connectivity index (χ4v) is 3.54. The molecule has 0 spiro atoms. The summed E-state index contributed by atoms with van der Waals surface area (Å²) >= 11 is 1.51. The molecular weight excluding hydrogens is 334 g/mol. The van der Waals surface area contributed by atoms with Crippen LogP contribution >= 0.6 is 11.3 Å². The lowest BCUT2D eigenvalue weighted by atomic mass is 10.1. The lowest BCUT2D eigenvalue weighted by Gasteiger charge is -2.18. The number of esters is 1. The minimum atomic E-state index is -0.499.